The molecule has 5 heteroatoms. The highest BCUT2D eigenvalue weighted by Crippen LogP contribution is 2.19. The molecule has 0 unspecified atom stereocenters. The van der Waals surface area contributed by atoms with Crippen molar-refractivity contribution < 1.29 is 4.74 Å². The van der Waals surface area contributed by atoms with E-state index in [4.69, 9.17) is 27.5 Å². The zero-order chi connectivity index (χ0) is 13.5. The maximum Gasteiger partial charge on any atom is 0.122 e. The fourth-order valence-electron chi connectivity index (χ4n) is 1.58. The Labute approximate surface area is 113 Å². The predicted octanol–water partition coefficient (Wildman–Crippen LogP) is 2.09. The molecular formula is C13H20ClN3O. The first-order valence-corrected chi connectivity index (χ1v) is 6.31. The van der Waals surface area contributed by atoms with E-state index in [1.165, 1.54) is 0 Å². The van der Waals surface area contributed by atoms with Gasteiger partial charge in [0.25, 0.3) is 0 Å². The first-order valence-electron chi connectivity index (χ1n) is 5.93. The van der Waals surface area contributed by atoms with Gasteiger partial charge in [-0.1, -0.05) is 23.7 Å². The van der Waals surface area contributed by atoms with E-state index in [0.717, 1.165) is 31.9 Å². The molecule has 100 valence electrons. The van der Waals surface area contributed by atoms with Gasteiger partial charge >= 0.3 is 0 Å². The molecule has 18 heavy (non-hydrogen) atoms. The summed E-state index contributed by atoms with van der Waals surface area (Å²) in [5.41, 5.74) is 7.09. The van der Waals surface area contributed by atoms with Gasteiger partial charge in [-0.3, -0.25) is 10.3 Å². The normalized spacial score (nSPS) is 10.9. The van der Waals surface area contributed by atoms with Crippen LogP contribution in [-0.4, -0.2) is 37.5 Å². The molecule has 0 aromatic heterocycles. The molecule has 0 aliphatic carbocycles. The van der Waals surface area contributed by atoms with E-state index >= 15 is 0 Å². The predicted molar refractivity (Wildman–Crippen MR) is 75.3 cm³/mol. The number of nitrogens with zero attached hydrogens (tertiary/aromatic N) is 1. The maximum atomic E-state index is 7.35. The number of nitrogen functional groups attached to an aromatic ring is 1. The fraction of sp³-hybridized carbons (Fsp3) is 0.462. The maximum absolute atomic E-state index is 7.35. The Kier molecular flexibility index (Phi) is 6.12. The van der Waals surface area contributed by atoms with Crippen LogP contribution in [0.5, 0.6) is 0 Å². The summed E-state index contributed by atoms with van der Waals surface area (Å²) in [7, 11) is 2.02. The summed E-state index contributed by atoms with van der Waals surface area (Å²) in [6.45, 7) is 5.05. The average molecular weight is 270 g/mol. The second-order valence-corrected chi connectivity index (χ2v) is 4.56. The van der Waals surface area contributed by atoms with E-state index in [1.807, 2.05) is 26.1 Å². The minimum atomic E-state index is 0.0353. The lowest BCUT2D eigenvalue weighted by Crippen LogP contribution is -2.23. The number of nitrogens with one attached hydrogen (secondary N) is 1. The molecule has 0 amide bonds. The highest BCUT2D eigenvalue weighted by atomic mass is 35.5. The molecule has 0 saturated heterocycles. The van der Waals surface area contributed by atoms with Gasteiger partial charge in [-0.2, -0.15) is 0 Å². The van der Waals surface area contributed by atoms with Crippen LogP contribution >= 0.6 is 11.6 Å². The van der Waals surface area contributed by atoms with Crippen LogP contribution in [0.3, 0.4) is 0 Å². The third-order valence-electron chi connectivity index (χ3n) is 2.63. The summed E-state index contributed by atoms with van der Waals surface area (Å²) >= 11 is 6.17. The summed E-state index contributed by atoms with van der Waals surface area (Å²) < 4.78 is 5.30. The molecule has 3 N–H and O–H groups in total. The number of likely N-dealkylation sites (N-methyl/N-ethyl adjacent to an activating group) is 1. The van der Waals surface area contributed by atoms with E-state index in [-0.39, 0.29) is 5.84 Å². The number of amidine groups is 1. The molecule has 1 rings (SSSR count). The van der Waals surface area contributed by atoms with Crippen molar-refractivity contribution in [3.05, 3.63) is 34.3 Å². The van der Waals surface area contributed by atoms with Gasteiger partial charge in [0.05, 0.1) is 6.61 Å². The molecule has 1 aromatic rings. The Morgan fingerprint density at radius 1 is 1.50 bits per heavy atom. The number of halogens is 1. The van der Waals surface area contributed by atoms with Gasteiger partial charge in [-0.15, -0.1) is 0 Å². The molecule has 0 heterocycles. The Hall–Kier alpha value is -1.10. The van der Waals surface area contributed by atoms with Crippen LogP contribution in [0.25, 0.3) is 0 Å². The average Bonchev–Trinajstić information content (AvgIpc) is 2.32. The minimum absolute atomic E-state index is 0.0353. The topological polar surface area (TPSA) is 62.3 Å². The van der Waals surface area contributed by atoms with E-state index < -0.39 is 0 Å². The van der Waals surface area contributed by atoms with Crippen molar-refractivity contribution >= 4 is 17.4 Å². The van der Waals surface area contributed by atoms with Crippen molar-refractivity contribution in [2.24, 2.45) is 5.73 Å². The van der Waals surface area contributed by atoms with Crippen LogP contribution in [0.4, 0.5) is 0 Å². The Balaban J connectivity index is 2.59. The summed E-state index contributed by atoms with van der Waals surface area (Å²) in [5.74, 6) is 0.0353. The van der Waals surface area contributed by atoms with Crippen molar-refractivity contribution in [3.8, 4) is 0 Å². The summed E-state index contributed by atoms with van der Waals surface area (Å²) in [6, 6.07) is 5.46. The lowest BCUT2D eigenvalue weighted by molar-refractivity contribution is 0.120. The first-order chi connectivity index (χ1) is 8.54. The van der Waals surface area contributed by atoms with Crippen LogP contribution in [0, 0.1) is 5.41 Å². The van der Waals surface area contributed by atoms with E-state index in [9.17, 15) is 0 Å². The molecule has 0 saturated carbocycles. The van der Waals surface area contributed by atoms with Crippen LogP contribution in [-0.2, 0) is 11.3 Å². The highest BCUT2D eigenvalue weighted by molar-refractivity contribution is 6.31. The van der Waals surface area contributed by atoms with E-state index in [2.05, 4.69) is 4.90 Å². The third-order valence-corrected chi connectivity index (χ3v) is 2.98. The number of hydrogen-bond acceptors (Lipinski definition) is 3. The van der Waals surface area contributed by atoms with Gasteiger partial charge in [0, 0.05) is 30.3 Å². The van der Waals surface area contributed by atoms with Crippen molar-refractivity contribution in [1.82, 2.24) is 4.90 Å². The quantitative estimate of drug-likeness (QED) is 0.453. The standard InChI is InChI=1S/C13H20ClN3O/c1-3-18-7-6-17(2)9-11-5-4-10(13(15)16)8-12(11)14/h4-5,8H,3,6-7,9H2,1-2H3,(H3,15,16). The van der Waals surface area contributed by atoms with Gasteiger partial charge in [0.15, 0.2) is 0 Å². The Bertz CT molecular complexity index is 409. The summed E-state index contributed by atoms with van der Waals surface area (Å²) in [6.07, 6.45) is 0. The van der Waals surface area contributed by atoms with Gasteiger partial charge < -0.3 is 10.5 Å². The molecular weight excluding hydrogens is 250 g/mol. The highest BCUT2D eigenvalue weighted by Gasteiger charge is 2.06. The van der Waals surface area contributed by atoms with E-state index in [1.54, 1.807) is 6.07 Å². The molecule has 0 aliphatic heterocycles. The second-order valence-electron chi connectivity index (χ2n) is 4.15. The minimum Gasteiger partial charge on any atom is -0.384 e. The summed E-state index contributed by atoms with van der Waals surface area (Å²) in [4.78, 5) is 2.14. The van der Waals surface area contributed by atoms with Crippen molar-refractivity contribution in [3.63, 3.8) is 0 Å². The Morgan fingerprint density at radius 3 is 2.78 bits per heavy atom. The molecule has 0 aliphatic rings. The zero-order valence-electron chi connectivity index (χ0n) is 10.9. The van der Waals surface area contributed by atoms with Gasteiger partial charge in [0.1, 0.15) is 5.84 Å². The molecule has 0 atom stereocenters. The smallest absolute Gasteiger partial charge is 0.122 e. The van der Waals surface area contributed by atoms with Crippen molar-refractivity contribution in [2.45, 2.75) is 13.5 Å². The van der Waals surface area contributed by atoms with E-state index in [0.29, 0.717) is 10.6 Å². The number of hydrogen-bond donors (Lipinski definition) is 2. The number of nitrogens with two attached hydrogens (primary N) is 1. The Morgan fingerprint density at radius 2 is 2.22 bits per heavy atom. The van der Waals surface area contributed by atoms with Crippen LogP contribution < -0.4 is 5.73 Å². The van der Waals surface area contributed by atoms with Gasteiger partial charge in [0.2, 0.25) is 0 Å². The molecule has 0 fully saturated rings. The lowest BCUT2D eigenvalue weighted by atomic mass is 10.1. The van der Waals surface area contributed by atoms with Crippen LogP contribution in [0.15, 0.2) is 18.2 Å². The molecule has 1 aromatic carbocycles. The zero-order valence-corrected chi connectivity index (χ0v) is 11.6. The van der Waals surface area contributed by atoms with Crippen molar-refractivity contribution in [2.75, 3.05) is 26.8 Å². The third kappa shape index (κ3) is 4.64. The molecule has 4 nitrogen and oxygen atoms in total. The SMILES string of the molecule is CCOCCN(C)Cc1ccc(C(=N)N)cc1Cl. The molecule has 0 bridgehead atoms. The fourth-order valence-corrected chi connectivity index (χ4v) is 1.82. The largest absolute Gasteiger partial charge is 0.384 e. The van der Waals surface area contributed by atoms with Crippen molar-refractivity contribution in [1.29, 1.82) is 5.41 Å². The molecule has 0 radical (unpaired) electrons. The number of benzene rings is 1. The van der Waals surface area contributed by atoms with Crippen LogP contribution in [0.1, 0.15) is 18.1 Å². The number of rotatable bonds is 7. The second kappa shape index (κ2) is 7.36. The lowest BCUT2D eigenvalue weighted by Gasteiger charge is -2.17. The van der Waals surface area contributed by atoms with Gasteiger partial charge in [-0.25, -0.2) is 0 Å². The first kappa shape index (κ1) is 15.0. The van der Waals surface area contributed by atoms with Gasteiger partial charge in [-0.05, 0) is 25.6 Å². The van der Waals surface area contributed by atoms with Crippen LogP contribution in [0.2, 0.25) is 5.02 Å². The summed E-state index contributed by atoms with van der Waals surface area (Å²) in [5, 5.41) is 7.99. The number of ether oxygens (including phenoxy) is 1. The monoisotopic (exact) mass is 269 g/mol. The molecule has 0 spiro atoms.